The summed E-state index contributed by atoms with van der Waals surface area (Å²) >= 11 is 0. The van der Waals surface area contributed by atoms with E-state index in [1.165, 1.54) is 14.2 Å². The fourth-order valence-electron chi connectivity index (χ4n) is 10.1. The molecule has 2 fully saturated rings. The van der Waals surface area contributed by atoms with Gasteiger partial charge in [0.25, 0.3) is 11.8 Å². The van der Waals surface area contributed by atoms with Gasteiger partial charge in [-0.05, 0) is 98.0 Å². The Kier molecular flexibility index (Phi) is 23.4. The van der Waals surface area contributed by atoms with Crippen LogP contribution in [0.4, 0.5) is 34.1 Å². The number of piperazine rings is 2. The summed E-state index contributed by atoms with van der Waals surface area (Å²) in [5.41, 5.74) is 15.0. The van der Waals surface area contributed by atoms with Gasteiger partial charge in [0, 0.05) is 100 Å². The largest absolute Gasteiger partial charge is 0.481 e. The maximum Gasteiger partial charge on any atom is 0.337 e. The number of hydrogen-bond acceptors (Lipinski definition) is 17. The van der Waals surface area contributed by atoms with Crippen molar-refractivity contribution in [2.45, 2.75) is 12.5 Å². The van der Waals surface area contributed by atoms with Gasteiger partial charge in [0.2, 0.25) is 11.8 Å². The fraction of sp³-hybridized carbons (Fsp3) is 0.273. The lowest BCUT2D eigenvalue weighted by atomic mass is 9.99. The number of carboxylic acids is 2. The van der Waals surface area contributed by atoms with Crippen LogP contribution < -0.4 is 36.8 Å². The zero-order valence-corrected chi connectivity index (χ0v) is 50.9. The predicted molar refractivity (Wildman–Crippen MR) is 346 cm³/mol. The van der Waals surface area contributed by atoms with Crippen molar-refractivity contribution in [1.82, 2.24) is 19.6 Å². The van der Waals surface area contributed by atoms with Crippen LogP contribution >= 0.6 is 0 Å². The number of methoxy groups -OCH3 is 2. The minimum absolute atomic E-state index is 0. The summed E-state index contributed by atoms with van der Waals surface area (Å²) in [5, 5.41) is 28.7. The molecule has 90 heavy (non-hydrogen) atoms. The number of carboxylic acid groups (broad SMARTS) is 2. The Bertz CT molecular complexity index is 3420. The Morgan fingerprint density at radius 3 is 1.20 bits per heavy atom. The van der Waals surface area contributed by atoms with E-state index in [1.807, 2.05) is 109 Å². The first kappa shape index (κ1) is 67.4. The number of likely N-dealkylation sites (N-methyl/N-ethyl adjacent to an activating group) is 4. The number of hydrogen-bond donors (Lipinski definition) is 7. The van der Waals surface area contributed by atoms with Gasteiger partial charge in [0.05, 0.1) is 78.8 Å². The normalized spacial score (nSPS) is 16.0. The third-order valence-corrected chi connectivity index (χ3v) is 15.4. The number of nitrogens with one attached hydrogen (secondary N) is 4. The molecule has 472 valence electrons. The third kappa shape index (κ3) is 17.2. The van der Waals surface area contributed by atoms with Gasteiger partial charge in [0.15, 0.2) is 0 Å². The summed E-state index contributed by atoms with van der Waals surface area (Å²) in [6.45, 7) is 8.18. The first-order chi connectivity index (χ1) is 42.7. The highest BCUT2D eigenvalue weighted by molar-refractivity contribution is 6.38. The number of rotatable bonds is 17. The molecular formula is C66H75N11O13. The summed E-state index contributed by atoms with van der Waals surface area (Å²) in [4.78, 5) is 108. The number of nitrogens with zero attached hydrogens (tertiary/aromatic N) is 6. The second-order valence-corrected chi connectivity index (χ2v) is 21.6. The molecule has 4 heterocycles. The first-order valence-corrected chi connectivity index (χ1v) is 28.7. The van der Waals surface area contributed by atoms with Crippen LogP contribution in [0.5, 0.6) is 0 Å². The molecule has 0 radical (unpaired) electrons. The molecule has 4 aliphatic heterocycles. The zero-order chi connectivity index (χ0) is 63.9. The van der Waals surface area contributed by atoms with Crippen LogP contribution in [0.15, 0.2) is 146 Å². The number of anilines is 6. The second-order valence-electron chi connectivity index (χ2n) is 21.6. The highest BCUT2D eigenvalue weighted by atomic mass is 16.5. The molecule has 0 aliphatic carbocycles. The molecule has 10 N–H and O–H groups in total. The Labute approximate surface area is 521 Å². The number of fused-ring (bicyclic) bond motifs is 2. The molecule has 6 aromatic rings. The maximum absolute atomic E-state index is 13.2. The summed E-state index contributed by atoms with van der Waals surface area (Å²) in [6, 6.07) is 43.1. The summed E-state index contributed by atoms with van der Waals surface area (Å²) in [5.74, 6) is -3.89. The Morgan fingerprint density at radius 1 is 0.533 bits per heavy atom. The number of benzene rings is 6. The van der Waals surface area contributed by atoms with Gasteiger partial charge in [-0.3, -0.25) is 38.6 Å². The monoisotopic (exact) mass is 1230 g/mol. The van der Waals surface area contributed by atoms with Gasteiger partial charge < -0.3 is 71.8 Å². The quantitative estimate of drug-likeness (QED) is 0.0451. The smallest absolute Gasteiger partial charge is 0.337 e. The van der Waals surface area contributed by atoms with Crippen LogP contribution in [-0.4, -0.2) is 197 Å². The minimum atomic E-state index is -1.29. The fourth-order valence-corrected chi connectivity index (χ4v) is 10.1. The average molecular weight is 1230 g/mol. The van der Waals surface area contributed by atoms with E-state index in [2.05, 4.69) is 55.0 Å². The number of ether oxygens (including phenoxy) is 2. The van der Waals surface area contributed by atoms with Crippen molar-refractivity contribution in [2.75, 3.05) is 139 Å². The lowest BCUT2D eigenvalue weighted by Gasteiger charge is -2.32. The molecule has 24 heteroatoms. The zero-order valence-electron chi connectivity index (χ0n) is 50.9. The lowest BCUT2D eigenvalue weighted by molar-refractivity contribution is -0.144. The number of amides is 4. The summed E-state index contributed by atoms with van der Waals surface area (Å²) in [7, 11) is 10.4. The molecule has 0 saturated carbocycles. The van der Waals surface area contributed by atoms with Gasteiger partial charge in [0.1, 0.15) is 6.04 Å². The molecule has 0 bridgehead atoms. The van der Waals surface area contributed by atoms with Crippen LogP contribution in [0.2, 0.25) is 0 Å². The van der Waals surface area contributed by atoms with Gasteiger partial charge in [-0.25, -0.2) is 9.59 Å². The predicted octanol–water partition coefficient (Wildman–Crippen LogP) is 5.28. The molecule has 0 unspecified atom stereocenters. The number of nitrogens with two attached hydrogens (primary N) is 1. The number of carbonyl (C=O) groups excluding carboxylic acids is 6. The van der Waals surface area contributed by atoms with Gasteiger partial charge in [-0.2, -0.15) is 0 Å². The average Bonchev–Trinajstić information content (AvgIpc) is 1.65. The van der Waals surface area contributed by atoms with Crippen LogP contribution in [0, 0.1) is 0 Å². The van der Waals surface area contributed by atoms with Crippen LogP contribution in [0.1, 0.15) is 49.4 Å². The Balaban J connectivity index is 0.000000223. The topological polar surface area (TPSA) is 321 Å². The van der Waals surface area contributed by atoms with E-state index in [1.54, 1.807) is 60.3 Å². The first-order valence-electron chi connectivity index (χ1n) is 28.7. The molecule has 6 aromatic carbocycles. The third-order valence-electron chi connectivity index (χ3n) is 15.4. The van der Waals surface area contributed by atoms with Crippen molar-refractivity contribution in [3.05, 3.63) is 179 Å². The van der Waals surface area contributed by atoms with Crippen molar-refractivity contribution in [3.8, 4) is 0 Å². The van der Waals surface area contributed by atoms with Crippen molar-refractivity contribution >= 4 is 104 Å². The van der Waals surface area contributed by atoms with Gasteiger partial charge in [-0.15, -0.1) is 0 Å². The van der Waals surface area contributed by atoms with Crippen molar-refractivity contribution in [3.63, 3.8) is 0 Å². The number of aliphatic carboxylic acids is 2. The summed E-state index contributed by atoms with van der Waals surface area (Å²) < 4.78 is 9.65. The van der Waals surface area contributed by atoms with E-state index >= 15 is 0 Å². The molecule has 4 aliphatic rings. The molecular weight excluding hydrogens is 1150 g/mol. The molecule has 0 spiro atoms. The number of carbonyl (C=O) groups is 8. The van der Waals surface area contributed by atoms with Crippen LogP contribution in [0.25, 0.3) is 22.5 Å². The highest BCUT2D eigenvalue weighted by Crippen LogP contribution is 2.40. The highest BCUT2D eigenvalue weighted by Gasteiger charge is 2.32. The standard InChI is InChI=1S/2C31H33N5O4.C4H7NO4.H2O/c2*1-34-15-17-36(18-16-34)20-27(37)35(2)24-12-10-23(11-13-24)32-29(21-7-5-4-6-8-21)28-25-14-9-22(31(39)40-3)19-26(25)33-30(28)38;5-2(4(8)9)1-3(6)7;/h2*4-14,19,32H,15-18,20H2,1-3H3,(H,33,38);2H,1,5H2,(H,6,7)(H,8,9);1H2/b2*29-28-;;/t;;2-;/m..0./s1. The molecule has 1 atom stereocenters. The van der Waals surface area contributed by atoms with E-state index in [0.717, 1.165) is 86.2 Å². The molecule has 4 amide bonds. The minimum Gasteiger partial charge on any atom is -0.481 e. The Hall–Kier alpha value is -10.1. The maximum atomic E-state index is 13.2. The van der Waals surface area contributed by atoms with Crippen LogP contribution in [-0.2, 0) is 38.2 Å². The van der Waals surface area contributed by atoms with E-state index in [0.29, 0.717) is 69.3 Å². The lowest BCUT2D eigenvalue weighted by Crippen LogP contribution is -2.48. The van der Waals surface area contributed by atoms with Gasteiger partial charge in [-0.1, -0.05) is 72.8 Å². The van der Waals surface area contributed by atoms with Crippen molar-refractivity contribution in [1.29, 1.82) is 0 Å². The van der Waals surface area contributed by atoms with E-state index in [4.69, 9.17) is 25.4 Å². The van der Waals surface area contributed by atoms with E-state index in [9.17, 15) is 38.4 Å². The van der Waals surface area contributed by atoms with Crippen molar-refractivity contribution < 1.29 is 63.5 Å². The summed E-state index contributed by atoms with van der Waals surface area (Å²) in [6.07, 6.45) is -0.532. The SMILES string of the molecule is COC(=O)c1ccc2c(c1)NC(=O)/C2=C(\Nc1ccc(N(C)C(=O)CN2CCN(C)CC2)cc1)c1ccccc1.COC(=O)c1ccc2c(c1)NC(=O)/C2=C(\Nc1ccc(N(C)C(=O)CN2CCN(C)CC2)cc1)c1ccccc1.N[C@@H](CC(=O)O)C(=O)O.O. The molecule has 2 saturated heterocycles. The van der Waals surface area contributed by atoms with Crippen molar-refractivity contribution in [2.24, 2.45) is 5.73 Å². The Morgan fingerprint density at radius 2 is 0.889 bits per heavy atom. The molecule has 10 rings (SSSR count). The van der Waals surface area contributed by atoms with Gasteiger partial charge >= 0.3 is 23.9 Å². The van der Waals surface area contributed by atoms with Crippen LogP contribution in [0.3, 0.4) is 0 Å². The van der Waals surface area contributed by atoms with E-state index < -0.39 is 36.3 Å². The molecule has 0 aromatic heterocycles. The number of esters is 2. The van der Waals surface area contributed by atoms with E-state index in [-0.39, 0.29) is 29.1 Å². The molecule has 24 nitrogen and oxygen atoms in total. The second kappa shape index (κ2) is 31.2.